The first-order chi connectivity index (χ1) is 16.2. The molecule has 1 saturated heterocycles. The molecule has 1 aromatic heterocycles. The molecule has 0 bridgehead atoms. The second kappa shape index (κ2) is 9.82. The third-order valence-corrected chi connectivity index (χ3v) is 6.66. The number of benzene rings is 1. The van der Waals surface area contributed by atoms with Crippen LogP contribution in [-0.2, 0) is 25.7 Å². The van der Waals surface area contributed by atoms with E-state index in [1.807, 2.05) is 0 Å². The number of ether oxygens (including phenoxy) is 2. The Kier molecular flexibility index (Phi) is 6.85. The van der Waals surface area contributed by atoms with Gasteiger partial charge in [-0.15, -0.1) is 11.8 Å². The molecule has 12 heteroatoms. The van der Waals surface area contributed by atoms with Crippen LogP contribution in [0.5, 0.6) is 5.75 Å². The third kappa shape index (κ3) is 4.90. The minimum Gasteiger partial charge on any atom is -0.486 e. The average Bonchev–Trinajstić information content (AvgIpc) is 3.29. The maximum atomic E-state index is 12.7. The lowest BCUT2D eigenvalue weighted by Crippen LogP contribution is -2.70. The smallest absolute Gasteiger partial charge is 0.352 e. The second-order valence-electron chi connectivity index (χ2n) is 7.41. The number of nitrogens with zero attached hydrogens (tertiary/aromatic N) is 1. The van der Waals surface area contributed by atoms with Crippen molar-refractivity contribution in [2.45, 2.75) is 24.9 Å². The van der Waals surface area contributed by atoms with Crippen LogP contribution in [0.1, 0.15) is 23.2 Å². The van der Waals surface area contributed by atoms with Crippen LogP contribution in [0.2, 0.25) is 5.02 Å². The Morgan fingerprint density at radius 1 is 1.21 bits per heavy atom. The van der Waals surface area contributed by atoms with E-state index in [1.165, 1.54) is 24.8 Å². The lowest BCUT2D eigenvalue weighted by atomic mass is 10.0. The highest BCUT2D eigenvalue weighted by atomic mass is 35.5. The summed E-state index contributed by atoms with van der Waals surface area (Å²) in [5.74, 6) is -1.82. The van der Waals surface area contributed by atoms with Gasteiger partial charge in [-0.25, -0.2) is 4.79 Å². The molecular weight excluding hydrogens is 488 g/mol. The van der Waals surface area contributed by atoms with E-state index in [4.69, 9.17) is 25.5 Å². The number of halogens is 1. The Morgan fingerprint density at radius 3 is 2.62 bits per heavy atom. The number of nitrogens with one attached hydrogen (secondary N) is 1. The number of furan rings is 1. The Morgan fingerprint density at radius 2 is 1.94 bits per heavy atom. The lowest BCUT2D eigenvalue weighted by molar-refractivity contribution is -0.149. The summed E-state index contributed by atoms with van der Waals surface area (Å²) < 4.78 is 16.0. The summed E-state index contributed by atoms with van der Waals surface area (Å²) in [6.07, 6.45) is 0. The number of carboxylic acid groups (broad SMARTS) is 1. The van der Waals surface area contributed by atoms with Gasteiger partial charge in [-0.2, -0.15) is 0 Å². The summed E-state index contributed by atoms with van der Waals surface area (Å²) in [6.45, 7) is 1.08. The highest BCUT2D eigenvalue weighted by Crippen LogP contribution is 2.40. The largest absolute Gasteiger partial charge is 0.486 e. The van der Waals surface area contributed by atoms with Gasteiger partial charge >= 0.3 is 11.9 Å². The minimum absolute atomic E-state index is 0.00804. The van der Waals surface area contributed by atoms with E-state index in [1.54, 1.807) is 30.3 Å². The predicted molar refractivity (Wildman–Crippen MR) is 120 cm³/mol. The normalized spacial score (nSPS) is 19.2. The molecule has 1 fully saturated rings. The van der Waals surface area contributed by atoms with E-state index in [9.17, 15) is 24.3 Å². The van der Waals surface area contributed by atoms with Gasteiger partial charge in [-0.3, -0.25) is 19.3 Å². The first-order valence-corrected chi connectivity index (χ1v) is 11.5. The number of β-lactam (4-membered cyclic amide) rings is 1. The number of carbonyl (C=O) groups excluding carboxylic acids is 3. The monoisotopic (exact) mass is 506 g/mol. The molecule has 34 heavy (non-hydrogen) atoms. The number of esters is 1. The molecule has 1 aromatic carbocycles. The summed E-state index contributed by atoms with van der Waals surface area (Å²) in [6, 6.07) is 8.90. The van der Waals surface area contributed by atoms with Crippen LogP contribution in [0, 0.1) is 0 Å². The van der Waals surface area contributed by atoms with E-state index in [0.29, 0.717) is 22.1 Å². The molecule has 2 N–H and O–H groups in total. The van der Waals surface area contributed by atoms with Crippen molar-refractivity contribution >= 4 is 47.1 Å². The van der Waals surface area contributed by atoms with E-state index in [2.05, 4.69) is 5.32 Å². The highest BCUT2D eigenvalue weighted by Gasteiger charge is 2.54. The van der Waals surface area contributed by atoms with Crippen LogP contribution in [-0.4, -0.2) is 57.5 Å². The second-order valence-corrected chi connectivity index (χ2v) is 8.95. The maximum Gasteiger partial charge on any atom is 0.352 e. The number of carboxylic acids is 1. The minimum atomic E-state index is -1.30. The first-order valence-electron chi connectivity index (χ1n) is 10.1. The van der Waals surface area contributed by atoms with Gasteiger partial charge in [0.05, 0.1) is 0 Å². The molecule has 3 heterocycles. The van der Waals surface area contributed by atoms with E-state index >= 15 is 0 Å². The van der Waals surface area contributed by atoms with E-state index in [0.717, 1.165) is 4.90 Å². The lowest BCUT2D eigenvalue weighted by Gasteiger charge is -2.49. The fourth-order valence-electron chi connectivity index (χ4n) is 3.46. The molecule has 0 spiro atoms. The molecule has 0 radical (unpaired) electrons. The van der Waals surface area contributed by atoms with Gasteiger partial charge in [0.1, 0.15) is 41.8 Å². The molecule has 2 atom stereocenters. The fourth-order valence-corrected chi connectivity index (χ4v) is 4.91. The molecule has 2 aromatic rings. The van der Waals surface area contributed by atoms with Crippen molar-refractivity contribution in [3.8, 4) is 5.75 Å². The summed E-state index contributed by atoms with van der Waals surface area (Å²) in [4.78, 5) is 49.2. The summed E-state index contributed by atoms with van der Waals surface area (Å²) in [5.41, 5.74) is 0.0959. The van der Waals surface area contributed by atoms with Crippen LogP contribution in [0.15, 0.2) is 52.1 Å². The molecule has 0 unspecified atom stereocenters. The summed E-state index contributed by atoms with van der Waals surface area (Å²) >= 11 is 7.11. The number of rotatable bonds is 8. The predicted octanol–water partition coefficient (Wildman–Crippen LogP) is 2.43. The molecule has 10 nitrogen and oxygen atoms in total. The van der Waals surface area contributed by atoms with Crippen LogP contribution < -0.4 is 10.1 Å². The van der Waals surface area contributed by atoms with Crippen molar-refractivity contribution in [1.82, 2.24) is 10.2 Å². The third-order valence-electron chi connectivity index (χ3n) is 5.07. The molecule has 4 rings (SSSR count). The van der Waals surface area contributed by atoms with Crippen molar-refractivity contribution in [3.05, 3.63) is 64.2 Å². The molecule has 2 aliphatic rings. The Bertz CT molecular complexity index is 1180. The molecule has 0 aliphatic carbocycles. The Balaban J connectivity index is 1.37. The SMILES string of the molecule is CC(=O)OCC1=C(C(=O)O)N2C(=O)[C@@H](NC(=O)c3ccc(COc4ccc(Cl)cc4)o3)[C@H]2SC1. The molecule has 2 aliphatic heterocycles. The van der Waals surface area contributed by atoms with Crippen LogP contribution >= 0.6 is 23.4 Å². The molecule has 2 amide bonds. The van der Waals surface area contributed by atoms with Gasteiger partial charge in [0.25, 0.3) is 11.8 Å². The number of hydrogen-bond acceptors (Lipinski definition) is 8. The van der Waals surface area contributed by atoms with Gasteiger partial charge in [0.15, 0.2) is 5.76 Å². The van der Waals surface area contributed by atoms with Gasteiger partial charge in [-0.1, -0.05) is 11.6 Å². The van der Waals surface area contributed by atoms with Gasteiger partial charge in [-0.05, 0) is 36.4 Å². The van der Waals surface area contributed by atoms with Crippen molar-refractivity contribution < 1.29 is 38.2 Å². The van der Waals surface area contributed by atoms with E-state index < -0.39 is 35.2 Å². The number of hydrogen-bond donors (Lipinski definition) is 2. The fraction of sp³-hybridized carbons (Fsp3) is 0.273. The number of carbonyl (C=O) groups is 4. The van der Waals surface area contributed by atoms with Crippen molar-refractivity contribution in [3.63, 3.8) is 0 Å². The van der Waals surface area contributed by atoms with Gasteiger partial charge in [0.2, 0.25) is 0 Å². The first kappa shape index (κ1) is 23.7. The quantitative estimate of drug-likeness (QED) is 0.408. The van der Waals surface area contributed by atoms with E-state index in [-0.39, 0.29) is 30.4 Å². The van der Waals surface area contributed by atoms with Crippen molar-refractivity contribution in [2.24, 2.45) is 0 Å². The topological polar surface area (TPSA) is 135 Å². The number of aliphatic carboxylic acids is 1. The van der Waals surface area contributed by atoms with Crippen molar-refractivity contribution in [1.29, 1.82) is 0 Å². The molecular formula is C22H19ClN2O8S. The highest BCUT2D eigenvalue weighted by molar-refractivity contribution is 8.00. The van der Waals surface area contributed by atoms with Crippen molar-refractivity contribution in [2.75, 3.05) is 12.4 Å². The van der Waals surface area contributed by atoms with Gasteiger partial charge in [0, 0.05) is 23.3 Å². The molecule has 178 valence electrons. The standard InChI is InChI=1S/C22H19ClN2O8S/c1-11(26)31-8-12-10-34-21-17(20(28)25(21)18(12)22(29)30)24-19(27)16-7-6-15(33-16)9-32-14-4-2-13(23)3-5-14/h2-7,17,21H,8-10H2,1H3,(H,24,27)(H,29,30)/t17-,21-/m1/s1. The zero-order chi connectivity index (χ0) is 24.4. The Hall–Kier alpha value is -3.44. The van der Waals surface area contributed by atoms with Crippen LogP contribution in [0.25, 0.3) is 0 Å². The maximum absolute atomic E-state index is 12.7. The summed E-state index contributed by atoms with van der Waals surface area (Å²) in [5, 5.41) is 12.2. The zero-order valence-corrected chi connectivity index (χ0v) is 19.4. The number of amides is 2. The summed E-state index contributed by atoms with van der Waals surface area (Å²) in [7, 11) is 0. The van der Waals surface area contributed by atoms with Gasteiger partial charge < -0.3 is 24.3 Å². The Labute approximate surface area is 202 Å². The van der Waals surface area contributed by atoms with Crippen LogP contribution in [0.4, 0.5) is 0 Å². The average molecular weight is 507 g/mol. The zero-order valence-electron chi connectivity index (χ0n) is 17.8. The van der Waals surface area contributed by atoms with Crippen LogP contribution in [0.3, 0.4) is 0 Å². The number of thioether (sulfide) groups is 1. The number of fused-ring (bicyclic) bond motifs is 1. The molecule has 0 saturated carbocycles.